The molecule has 0 saturated carbocycles. The molecule has 5 rings (SSSR count). The van der Waals surface area contributed by atoms with Crippen LogP contribution in [0.1, 0.15) is 0 Å². The molecule has 4 heterocycles. The predicted molar refractivity (Wildman–Crippen MR) is 119 cm³/mol. The van der Waals surface area contributed by atoms with E-state index in [1.165, 1.54) is 12.1 Å². The van der Waals surface area contributed by atoms with Gasteiger partial charge in [-0.05, 0) is 23.8 Å². The first-order chi connectivity index (χ1) is 15.2. The predicted octanol–water partition coefficient (Wildman–Crippen LogP) is 2.48. The zero-order valence-corrected chi connectivity index (χ0v) is 18.0. The average molecular weight is 442 g/mol. The van der Waals surface area contributed by atoms with Crippen LogP contribution >= 0.6 is 11.3 Å². The van der Waals surface area contributed by atoms with E-state index in [2.05, 4.69) is 19.8 Å². The van der Waals surface area contributed by atoms with Gasteiger partial charge in [0.05, 0.1) is 30.0 Å². The van der Waals surface area contributed by atoms with Crippen LogP contribution in [-0.4, -0.2) is 84.7 Å². The maximum absolute atomic E-state index is 13.3. The molecule has 0 N–H and O–H groups in total. The van der Waals surface area contributed by atoms with Crippen molar-refractivity contribution >= 4 is 33.3 Å². The van der Waals surface area contributed by atoms with Crippen LogP contribution in [0.5, 0.6) is 0 Å². The van der Waals surface area contributed by atoms with Gasteiger partial charge < -0.3 is 14.5 Å². The highest BCUT2D eigenvalue weighted by atomic mass is 32.1. The molecule has 0 radical (unpaired) electrons. The summed E-state index contributed by atoms with van der Waals surface area (Å²) in [7, 11) is 0. The molecule has 3 aromatic rings. The third kappa shape index (κ3) is 4.39. The summed E-state index contributed by atoms with van der Waals surface area (Å²) in [5.41, 5.74) is 1.88. The van der Waals surface area contributed by atoms with Crippen molar-refractivity contribution in [3.8, 4) is 10.4 Å². The highest BCUT2D eigenvalue weighted by Crippen LogP contribution is 2.37. The van der Waals surface area contributed by atoms with E-state index in [-0.39, 0.29) is 11.7 Å². The minimum atomic E-state index is -0.240. The smallest absolute Gasteiger partial charge is 0.236 e. The molecule has 0 bridgehead atoms. The highest BCUT2D eigenvalue weighted by Gasteiger charge is 2.25. The van der Waals surface area contributed by atoms with Gasteiger partial charge in [-0.25, -0.2) is 14.4 Å². The normalized spacial score (nSPS) is 18.0. The fourth-order valence-electron chi connectivity index (χ4n) is 4.05. The molecule has 0 unspecified atom stereocenters. The number of piperazine rings is 1. The lowest BCUT2D eigenvalue weighted by molar-refractivity contribution is -0.136. The first kappa shape index (κ1) is 20.3. The number of aromatic nitrogens is 2. The standard InChI is InChI=1S/C22H24FN5O2S/c23-17-3-1-16(2-4-17)19-13-18-21(31-19)22(25-15-24-18)28-7-5-26(6-8-28)14-20(29)27-9-11-30-12-10-27/h1-4,13,15H,5-12,14H2. The second-order valence-corrected chi connectivity index (χ2v) is 8.84. The zero-order valence-electron chi connectivity index (χ0n) is 17.2. The Morgan fingerprint density at radius 2 is 1.77 bits per heavy atom. The number of rotatable bonds is 4. The minimum absolute atomic E-state index is 0.184. The number of hydrogen-bond donors (Lipinski definition) is 0. The Balaban J connectivity index is 1.27. The summed E-state index contributed by atoms with van der Waals surface area (Å²) in [6.07, 6.45) is 1.60. The van der Waals surface area contributed by atoms with Gasteiger partial charge in [0.15, 0.2) is 0 Å². The summed E-state index contributed by atoms with van der Waals surface area (Å²) in [6, 6.07) is 8.57. The van der Waals surface area contributed by atoms with Gasteiger partial charge in [-0.3, -0.25) is 9.69 Å². The summed E-state index contributed by atoms with van der Waals surface area (Å²) in [5.74, 6) is 0.876. The van der Waals surface area contributed by atoms with Crippen molar-refractivity contribution in [3.05, 3.63) is 42.5 Å². The number of thiophene rings is 1. The van der Waals surface area contributed by atoms with E-state index in [0.717, 1.165) is 52.7 Å². The molecule has 0 spiro atoms. The van der Waals surface area contributed by atoms with E-state index in [4.69, 9.17) is 4.74 Å². The largest absolute Gasteiger partial charge is 0.378 e. The number of ether oxygens (including phenoxy) is 1. The molecule has 2 aliphatic heterocycles. The van der Waals surface area contributed by atoms with Crippen molar-refractivity contribution in [2.45, 2.75) is 0 Å². The van der Waals surface area contributed by atoms with Gasteiger partial charge in [-0.2, -0.15) is 0 Å². The van der Waals surface area contributed by atoms with Crippen LogP contribution in [0.15, 0.2) is 36.7 Å². The lowest BCUT2D eigenvalue weighted by Gasteiger charge is -2.36. The molecule has 0 atom stereocenters. The molecule has 9 heteroatoms. The van der Waals surface area contributed by atoms with Gasteiger partial charge in [-0.1, -0.05) is 12.1 Å². The summed E-state index contributed by atoms with van der Waals surface area (Å²) in [5, 5.41) is 0. The van der Waals surface area contributed by atoms with Crippen LogP contribution in [0.25, 0.3) is 20.7 Å². The zero-order chi connectivity index (χ0) is 21.2. The monoisotopic (exact) mass is 441 g/mol. The Hall–Kier alpha value is -2.62. The number of nitrogens with zero attached hydrogens (tertiary/aromatic N) is 5. The summed E-state index contributed by atoms with van der Waals surface area (Å²) >= 11 is 1.63. The number of carbonyl (C=O) groups is 1. The third-order valence-electron chi connectivity index (χ3n) is 5.82. The number of carbonyl (C=O) groups excluding carboxylic acids is 1. The van der Waals surface area contributed by atoms with E-state index < -0.39 is 0 Å². The van der Waals surface area contributed by atoms with E-state index in [9.17, 15) is 9.18 Å². The van der Waals surface area contributed by atoms with Crippen LogP contribution in [-0.2, 0) is 9.53 Å². The molecule has 7 nitrogen and oxygen atoms in total. The van der Waals surface area contributed by atoms with E-state index in [0.29, 0.717) is 32.8 Å². The first-order valence-corrected chi connectivity index (χ1v) is 11.3. The van der Waals surface area contributed by atoms with Crippen LogP contribution in [0.3, 0.4) is 0 Å². The maximum atomic E-state index is 13.3. The van der Waals surface area contributed by atoms with Gasteiger partial charge in [0.25, 0.3) is 0 Å². The van der Waals surface area contributed by atoms with Gasteiger partial charge in [0, 0.05) is 44.1 Å². The number of fused-ring (bicyclic) bond motifs is 1. The number of hydrogen-bond acceptors (Lipinski definition) is 7. The molecular formula is C22H24FN5O2S. The Kier molecular flexibility index (Phi) is 5.80. The summed E-state index contributed by atoms with van der Waals surface area (Å²) in [6.45, 7) is 6.35. The number of morpholine rings is 1. The van der Waals surface area contributed by atoms with E-state index in [1.807, 2.05) is 11.0 Å². The molecule has 2 saturated heterocycles. The number of benzene rings is 1. The topological polar surface area (TPSA) is 61.8 Å². The van der Waals surface area contributed by atoms with Crippen LogP contribution < -0.4 is 4.90 Å². The third-order valence-corrected chi connectivity index (χ3v) is 6.98. The van der Waals surface area contributed by atoms with Crippen molar-refractivity contribution in [1.29, 1.82) is 0 Å². The Labute approximate surface area is 184 Å². The number of anilines is 1. The molecule has 1 aromatic carbocycles. The van der Waals surface area contributed by atoms with Crippen LogP contribution in [0.2, 0.25) is 0 Å². The van der Waals surface area contributed by atoms with Gasteiger partial charge in [0.1, 0.15) is 18.0 Å². The minimum Gasteiger partial charge on any atom is -0.378 e. The number of halogens is 1. The summed E-state index contributed by atoms with van der Waals surface area (Å²) < 4.78 is 19.6. The van der Waals surface area contributed by atoms with E-state index >= 15 is 0 Å². The van der Waals surface area contributed by atoms with Gasteiger partial charge in [-0.15, -0.1) is 11.3 Å². The molecule has 2 fully saturated rings. The molecule has 162 valence electrons. The Bertz CT molecular complexity index is 1060. The van der Waals surface area contributed by atoms with Gasteiger partial charge in [0.2, 0.25) is 5.91 Å². The second-order valence-electron chi connectivity index (χ2n) is 7.79. The van der Waals surface area contributed by atoms with Crippen LogP contribution in [0, 0.1) is 5.82 Å². The molecule has 0 aliphatic carbocycles. The van der Waals surface area contributed by atoms with Crippen molar-refractivity contribution in [2.75, 3.05) is 63.9 Å². The highest BCUT2D eigenvalue weighted by molar-refractivity contribution is 7.22. The Morgan fingerprint density at radius 3 is 2.52 bits per heavy atom. The molecular weight excluding hydrogens is 417 g/mol. The first-order valence-electron chi connectivity index (χ1n) is 10.5. The van der Waals surface area contributed by atoms with Crippen molar-refractivity contribution in [2.24, 2.45) is 0 Å². The molecule has 2 aromatic heterocycles. The SMILES string of the molecule is O=C(CN1CCN(c2ncnc3cc(-c4ccc(F)cc4)sc23)CC1)N1CCOCC1. The quantitative estimate of drug-likeness (QED) is 0.620. The van der Waals surface area contributed by atoms with Crippen molar-refractivity contribution < 1.29 is 13.9 Å². The molecule has 2 aliphatic rings. The van der Waals surface area contributed by atoms with Gasteiger partial charge >= 0.3 is 0 Å². The second kappa shape index (κ2) is 8.86. The average Bonchev–Trinajstić information content (AvgIpc) is 3.25. The van der Waals surface area contributed by atoms with Crippen molar-refractivity contribution in [1.82, 2.24) is 19.8 Å². The van der Waals surface area contributed by atoms with E-state index in [1.54, 1.807) is 29.8 Å². The fraction of sp³-hybridized carbons (Fsp3) is 0.409. The lowest BCUT2D eigenvalue weighted by Crippen LogP contribution is -2.51. The number of amides is 1. The Morgan fingerprint density at radius 1 is 1.03 bits per heavy atom. The maximum Gasteiger partial charge on any atom is 0.236 e. The lowest BCUT2D eigenvalue weighted by atomic mass is 10.2. The molecule has 31 heavy (non-hydrogen) atoms. The fourth-order valence-corrected chi connectivity index (χ4v) is 5.18. The van der Waals surface area contributed by atoms with Crippen LogP contribution in [0.4, 0.5) is 10.2 Å². The van der Waals surface area contributed by atoms with Crippen molar-refractivity contribution in [3.63, 3.8) is 0 Å². The summed E-state index contributed by atoms with van der Waals surface area (Å²) in [4.78, 5) is 29.0. The molecule has 1 amide bonds.